The van der Waals surface area contributed by atoms with Crippen LogP contribution >= 0.6 is 0 Å². The molecular weight excluding hydrogens is 227 g/mol. The second-order valence-electron chi connectivity index (χ2n) is 5.49. The predicted molar refractivity (Wildman–Crippen MR) is 74.2 cm³/mol. The lowest BCUT2D eigenvalue weighted by molar-refractivity contribution is 0.520. The number of para-hydroxylation sites is 1. The highest BCUT2D eigenvalue weighted by atomic mass is 19.1. The van der Waals surface area contributed by atoms with Gasteiger partial charge in [0.05, 0.1) is 5.69 Å². The lowest BCUT2D eigenvalue weighted by Gasteiger charge is -2.27. The van der Waals surface area contributed by atoms with Crippen molar-refractivity contribution in [3.63, 3.8) is 0 Å². The van der Waals surface area contributed by atoms with E-state index in [1.807, 2.05) is 13.0 Å². The van der Waals surface area contributed by atoms with E-state index in [0.717, 1.165) is 43.1 Å². The molecule has 1 aromatic rings. The number of rotatable bonds is 2. The Morgan fingerprint density at radius 2 is 2.11 bits per heavy atom. The maximum atomic E-state index is 14.1. The predicted octanol–water partition coefficient (Wildman–Crippen LogP) is 3.47. The molecule has 3 heteroatoms. The topological polar surface area (TPSA) is 29.3 Å². The molecule has 1 heterocycles. The minimum atomic E-state index is -0.139. The Hall–Kier alpha value is -1.09. The monoisotopic (exact) mass is 250 g/mol. The molecule has 1 unspecified atom stereocenters. The average molecular weight is 250 g/mol. The fraction of sp³-hybridized carbons (Fsp3) is 0.600. The summed E-state index contributed by atoms with van der Waals surface area (Å²) < 4.78 is 14.1. The van der Waals surface area contributed by atoms with Gasteiger partial charge in [-0.2, -0.15) is 0 Å². The molecule has 0 bridgehead atoms. The van der Waals surface area contributed by atoms with Gasteiger partial charge in [-0.25, -0.2) is 4.39 Å². The number of nitrogens with two attached hydrogens (primary N) is 1. The van der Waals surface area contributed by atoms with Crippen molar-refractivity contribution in [1.29, 1.82) is 0 Å². The van der Waals surface area contributed by atoms with Crippen molar-refractivity contribution in [1.82, 2.24) is 0 Å². The minimum absolute atomic E-state index is 0.128. The first-order valence-electron chi connectivity index (χ1n) is 6.88. The Kier molecular flexibility index (Phi) is 4.23. The Morgan fingerprint density at radius 3 is 2.83 bits per heavy atom. The zero-order valence-electron chi connectivity index (χ0n) is 11.3. The van der Waals surface area contributed by atoms with Gasteiger partial charge in [-0.1, -0.05) is 19.1 Å². The van der Waals surface area contributed by atoms with Gasteiger partial charge in [-0.05, 0) is 43.7 Å². The van der Waals surface area contributed by atoms with Gasteiger partial charge in [-0.15, -0.1) is 0 Å². The van der Waals surface area contributed by atoms with Gasteiger partial charge in [0, 0.05) is 19.1 Å². The third-order valence-electron chi connectivity index (χ3n) is 3.84. The van der Waals surface area contributed by atoms with Crippen molar-refractivity contribution in [2.24, 2.45) is 11.7 Å². The normalized spacial score (nSPS) is 22.7. The Bertz CT molecular complexity index is 403. The van der Waals surface area contributed by atoms with Crippen LogP contribution in [0.1, 0.15) is 44.7 Å². The standard InChI is InChI=1S/C15H23FN2/c1-11-5-4-9-18(10-8-11)15-13(12(2)17)6-3-7-14(15)16/h3,6-7,11-12H,4-5,8-10,17H2,1-2H3/t11?,12-/m0/s1. The van der Waals surface area contributed by atoms with Crippen LogP contribution in [0.15, 0.2) is 18.2 Å². The Labute approximate surface area is 109 Å². The highest BCUT2D eigenvalue weighted by Gasteiger charge is 2.20. The van der Waals surface area contributed by atoms with Crippen molar-refractivity contribution >= 4 is 5.69 Å². The first-order chi connectivity index (χ1) is 8.59. The minimum Gasteiger partial charge on any atom is -0.369 e. The summed E-state index contributed by atoms with van der Waals surface area (Å²) >= 11 is 0. The summed E-state index contributed by atoms with van der Waals surface area (Å²) in [5.74, 6) is 0.597. The van der Waals surface area contributed by atoms with Gasteiger partial charge in [0.25, 0.3) is 0 Å². The zero-order valence-corrected chi connectivity index (χ0v) is 11.3. The first kappa shape index (κ1) is 13.3. The molecule has 1 saturated heterocycles. The van der Waals surface area contributed by atoms with Gasteiger partial charge in [-0.3, -0.25) is 0 Å². The molecule has 0 aromatic heterocycles. The fourth-order valence-corrected chi connectivity index (χ4v) is 2.72. The van der Waals surface area contributed by atoms with Crippen LogP contribution in [0.2, 0.25) is 0 Å². The number of hydrogen-bond donors (Lipinski definition) is 1. The second kappa shape index (κ2) is 5.70. The van der Waals surface area contributed by atoms with E-state index in [1.165, 1.54) is 12.5 Å². The largest absolute Gasteiger partial charge is 0.369 e. The van der Waals surface area contributed by atoms with Crippen molar-refractivity contribution < 1.29 is 4.39 Å². The van der Waals surface area contributed by atoms with Gasteiger partial charge < -0.3 is 10.6 Å². The molecule has 0 saturated carbocycles. The van der Waals surface area contributed by atoms with Gasteiger partial charge in [0.2, 0.25) is 0 Å². The van der Waals surface area contributed by atoms with Crippen LogP contribution in [0.4, 0.5) is 10.1 Å². The highest BCUT2D eigenvalue weighted by Crippen LogP contribution is 2.31. The molecule has 1 fully saturated rings. The molecule has 1 aliphatic heterocycles. The molecule has 2 nitrogen and oxygen atoms in total. The molecule has 2 N–H and O–H groups in total. The molecule has 0 spiro atoms. The van der Waals surface area contributed by atoms with E-state index in [9.17, 15) is 4.39 Å². The summed E-state index contributed by atoms with van der Waals surface area (Å²) in [6.45, 7) is 6.06. The van der Waals surface area contributed by atoms with Crippen LogP contribution in [-0.4, -0.2) is 13.1 Å². The fourth-order valence-electron chi connectivity index (χ4n) is 2.72. The molecule has 2 atom stereocenters. The molecule has 1 aromatic carbocycles. The molecular formula is C15H23FN2. The number of nitrogens with zero attached hydrogens (tertiary/aromatic N) is 1. The molecule has 0 radical (unpaired) electrons. The maximum Gasteiger partial charge on any atom is 0.146 e. The van der Waals surface area contributed by atoms with Crippen LogP contribution < -0.4 is 10.6 Å². The van der Waals surface area contributed by atoms with E-state index in [-0.39, 0.29) is 11.9 Å². The van der Waals surface area contributed by atoms with Crippen molar-refractivity contribution in [3.8, 4) is 0 Å². The van der Waals surface area contributed by atoms with Crippen LogP contribution in [0.25, 0.3) is 0 Å². The molecule has 0 amide bonds. The Morgan fingerprint density at radius 1 is 1.33 bits per heavy atom. The summed E-state index contributed by atoms with van der Waals surface area (Å²) in [4.78, 5) is 2.18. The summed E-state index contributed by atoms with van der Waals surface area (Å²) in [7, 11) is 0. The van der Waals surface area contributed by atoms with E-state index >= 15 is 0 Å². The van der Waals surface area contributed by atoms with E-state index in [2.05, 4.69) is 11.8 Å². The van der Waals surface area contributed by atoms with E-state index in [0.29, 0.717) is 0 Å². The van der Waals surface area contributed by atoms with Crippen LogP contribution in [0.3, 0.4) is 0 Å². The van der Waals surface area contributed by atoms with Gasteiger partial charge in [0.1, 0.15) is 5.82 Å². The summed E-state index contributed by atoms with van der Waals surface area (Å²) in [5.41, 5.74) is 7.61. The summed E-state index contributed by atoms with van der Waals surface area (Å²) in [6.07, 6.45) is 3.50. The van der Waals surface area contributed by atoms with Crippen LogP contribution in [-0.2, 0) is 0 Å². The zero-order chi connectivity index (χ0) is 13.1. The number of halogens is 1. The molecule has 1 aliphatic rings. The third-order valence-corrected chi connectivity index (χ3v) is 3.84. The van der Waals surface area contributed by atoms with E-state index in [4.69, 9.17) is 5.73 Å². The maximum absolute atomic E-state index is 14.1. The second-order valence-corrected chi connectivity index (χ2v) is 5.49. The van der Waals surface area contributed by atoms with E-state index < -0.39 is 0 Å². The van der Waals surface area contributed by atoms with Gasteiger partial charge >= 0.3 is 0 Å². The summed E-state index contributed by atoms with van der Waals surface area (Å²) in [5, 5.41) is 0. The highest BCUT2D eigenvalue weighted by molar-refractivity contribution is 5.56. The van der Waals surface area contributed by atoms with Crippen molar-refractivity contribution in [3.05, 3.63) is 29.6 Å². The number of benzene rings is 1. The van der Waals surface area contributed by atoms with Crippen LogP contribution in [0, 0.1) is 11.7 Å². The summed E-state index contributed by atoms with van der Waals surface area (Å²) in [6, 6.07) is 5.10. The number of anilines is 1. The third kappa shape index (κ3) is 2.83. The van der Waals surface area contributed by atoms with Crippen LogP contribution in [0.5, 0.6) is 0 Å². The lowest BCUT2D eigenvalue weighted by Crippen LogP contribution is -2.27. The SMILES string of the molecule is CC1CCCN(c2c(F)cccc2[C@H](C)N)CC1. The van der Waals surface area contributed by atoms with E-state index in [1.54, 1.807) is 6.07 Å². The van der Waals surface area contributed by atoms with Gasteiger partial charge in [0.15, 0.2) is 0 Å². The van der Waals surface area contributed by atoms with Crippen molar-refractivity contribution in [2.45, 2.75) is 39.2 Å². The molecule has 2 rings (SSSR count). The smallest absolute Gasteiger partial charge is 0.146 e. The lowest BCUT2D eigenvalue weighted by atomic mass is 10.0. The quantitative estimate of drug-likeness (QED) is 0.870. The molecule has 18 heavy (non-hydrogen) atoms. The van der Waals surface area contributed by atoms with Crippen molar-refractivity contribution in [2.75, 3.05) is 18.0 Å². The first-order valence-corrected chi connectivity index (χ1v) is 6.88. The molecule has 100 valence electrons. The molecule has 0 aliphatic carbocycles. The number of hydrogen-bond acceptors (Lipinski definition) is 2. The Balaban J connectivity index is 2.31. The average Bonchev–Trinajstić information content (AvgIpc) is 2.53.